The maximum absolute atomic E-state index is 12.2. The predicted octanol–water partition coefficient (Wildman–Crippen LogP) is 2.91. The Bertz CT molecular complexity index is 260. The Morgan fingerprint density at radius 2 is 1.71 bits per heavy atom. The summed E-state index contributed by atoms with van der Waals surface area (Å²) in [5.74, 6) is -0.569. The van der Waals surface area contributed by atoms with Crippen LogP contribution in [-0.2, 0) is 0 Å². The number of nitriles is 2. The molecule has 0 aromatic carbocycles. The van der Waals surface area contributed by atoms with Gasteiger partial charge in [0, 0.05) is 0 Å². The van der Waals surface area contributed by atoms with Gasteiger partial charge in [-0.05, 0) is 5.92 Å². The molecule has 0 saturated carbocycles. The molecule has 2 nitrogen and oxygen atoms in total. The molecule has 0 aromatic rings. The second-order valence-electron chi connectivity index (χ2n) is 3.42. The van der Waals surface area contributed by atoms with Crippen LogP contribution in [0.2, 0.25) is 6.32 Å². The zero-order valence-corrected chi connectivity index (χ0v) is 8.10. The maximum Gasteiger partial charge on any atom is 0.480 e. The fourth-order valence-electron chi connectivity index (χ4n) is 1.25. The van der Waals surface area contributed by atoms with Crippen LogP contribution < -0.4 is 0 Å². The minimum absolute atomic E-state index is 0.382. The highest BCUT2D eigenvalue weighted by Gasteiger charge is 2.42. The van der Waals surface area contributed by atoms with Crippen LogP contribution in [0.4, 0.5) is 12.9 Å². The molecule has 0 rings (SSSR count). The van der Waals surface area contributed by atoms with Crippen molar-refractivity contribution in [2.24, 2.45) is 11.3 Å². The molecule has 0 spiro atoms. The van der Waals surface area contributed by atoms with Gasteiger partial charge in [0.2, 0.25) is 0 Å². The standard InChI is InChI=1S/C8H11BF3N2/c1-3-7(2)8(5-13,6-14)4-9(10,11)12/h7H,3-4H2,1-2H3/q-1. The first-order chi connectivity index (χ1) is 6.31. The van der Waals surface area contributed by atoms with Crippen molar-refractivity contribution < 1.29 is 12.9 Å². The number of rotatable bonds is 4. The van der Waals surface area contributed by atoms with E-state index in [2.05, 4.69) is 0 Å². The Kier molecular flexibility index (Phi) is 4.00. The first kappa shape index (κ1) is 12.8. The van der Waals surface area contributed by atoms with Crippen molar-refractivity contribution in [2.45, 2.75) is 26.6 Å². The lowest BCUT2D eigenvalue weighted by atomic mass is 9.63. The van der Waals surface area contributed by atoms with Gasteiger partial charge in [-0.2, -0.15) is 10.5 Å². The van der Waals surface area contributed by atoms with Crippen molar-refractivity contribution in [1.82, 2.24) is 0 Å². The molecule has 0 N–H and O–H groups in total. The largest absolute Gasteiger partial charge is 0.480 e. The number of hydrogen-bond donors (Lipinski definition) is 0. The molecule has 1 unspecified atom stereocenters. The summed E-state index contributed by atoms with van der Waals surface area (Å²) in [6, 6.07) is 3.01. The average molecular weight is 203 g/mol. The molecule has 0 heterocycles. The van der Waals surface area contributed by atoms with Crippen LogP contribution in [0.1, 0.15) is 20.3 Å². The Hall–Kier alpha value is -1.17. The summed E-state index contributed by atoms with van der Waals surface area (Å²) in [7, 11) is 0. The highest BCUT2D eigenvalue weighted by molar-refractivity contribution is 6.58. The second kappa shape index (κ2) is 4.37. The van der Waals surface area contributed by atoms with Crippen LogP contribution in [0.15, 0.2) is 0 Å². The molecule has 0 aliphatic carbocycles. The molecule has 6 heteroatoms. The molecule has 0 aromatic heterocycles. The van der Waals surface area contributed by atoms with Crippen molar-refractivity contribution in [3.8, 4) is 12.1 Å². The Balaban J connectivity index is 4.95. The molecule has 0 radical (unpaired) electrons. The summed E-state index contributed by atoms with van der Waals surface area (Å²) in [5.41, 5.74) is -1.91. The van der Waals surface area contributed by atoms with E-state index in [1.54, 1.807) is 6.92 Å². The van der Waals surface area contributed by atoms with Crippen LogP contribution in [-0.4, -0.2) is 6.98 Å². The molecular weight excluding hydrogens is 192 g/mol. The molecule has 0 aliphatic rings. The first-order valence-corrected chi connectivity index (χ1v) is 4.35. The lowest BCUT2D eigenvalue weighted by Gasteiger charge is -2.29. The first-order valence-electron chi connectivity index (χ1n) is 4.35. The molecule has 0 aliphatic heterocycles. The van der Waals surface area contributed by atoms with E-state index in [1.807, 2.05) is 0 Å². The second-order valence-corrected chi connectivity index (χ2v) is 3.42. The predicted molar refractivity (Wildman–Crippen MR) is 47.0 cm³/mol. The monoisotopic (exact) mass is 203 g/mol. The van der Waals surface area contributed by atoms with E-state index in [4.69, 9.17) is 10.5 Å². The minimum atomic E-state index is -5.10. The lowest BCUT2D eigenvalue weighted by Crippen LogP contribution is -2.33. The molecule has 0 fully saturated rings. The molecule has 14 heavy (non-hydrogen) atoms. The third-order valence-corrected chi connectivity index (χ3v) is 2.41. The van der Waals surface area contributed by atoms with Crippen molar-refractivity contribution in [1.29, 1.82) is 10.5 Å². The number of hydrogen-bond acceptors (Lipinski definition) is 2. The van der Waals surface area contributed by atoms with E-state index in [-0.39, 0.29) is 0 Å². The highest BCUT2D eigenvalue weighted by atomic mass is 19.4. The van der Waals surface area contributed by atoms with E-state index in [0.717, 1.165) is 0 Å². The van der Waals surface area contributed by atoms with Gasteiger partial charge in [-0.3, -0.25) is 0 Å². The van der Waals surface area contributed by atoms with Crippen LogP contribution in [0.25, 0.3) is 0 Å². The Labute approximate surface area is 81.4 Å². The van der Waals surface area contributed by atoms with Gasteiger partial charge in [0.05, 0.1) is 12.1 Å². The summed E-state index contributed by atoms with van der Waals surface area (Å²) < 4.78 is 36.5. The van der Waals surface area contributed by atoms with Gasteiger partial charge in [0.25, 0.3) is 0 Å². The Morgan fingerprint density at radius 3 is 1.93 bits per heavy atom. The fourth-order valence-corrected chi connectivity index (χ4v) is 1.25. The van der Waals surface area contributed by atoms with Crippen LogP contribution in [0.3, 0.4) is 0 Å². The third-order valence-electron chi connectivity index (χ3n) is 2.41. The quantitative estimate of drug-likeness (QED) is 0.659. The van der Waals surface area contributed by atoms with Crippen molar-refractivity contribution in [3.63, 3.8) is 0 Å². The van der Waals surface area contributed by atoms with Gasteiger partial charge in [-0.25, -0.2) is 0 Å². The van der Waals surface area contributed by atoms with Gasteiger partial charge in [-0.15, -0.1) is 0 Å². The summed E-state index contributed by atoms with van der Waals surface area (Å²) in [4.78, 5) is 0. The third kappa shape index (κ3) is 2.95. The smallest absolute Gasteiger partial charge is 0.449 e. The van der Waals surface area contributed by atoms with E-state index < -0.39 is 24.6 Å². The van der Waals surface area contributed by atoms with E-state index >= 15 is 0 Å². The van der Waals surface area contributed by atoms with Crippen LogP contribution in [0.5, 0.6) is 0 Å². The molecular formula is C8H11BF3N2-. The average Bonchev–Trinajstić information content (AvgIpc) is 2.11. The maximum atomic E-state index is 12.2. The van der Waals surface area contributed by atoms with Crippen LogP contribution >= 0.6 is 0 Å². The highest BCUT2D eigenvalue weighted by Crippen LogP contribution is 2.38. The summed E-state index contributed by atoms with van der Waals surface area (Å²) in [6.07, 6.45) is -0.914. The number of halogens is 3. The Morgan fingerprint density at radius 1 is 1.29 bits per heavy atom. The normalized spacial score (nSPS) is 14.2. The molecule has 0 amide bonds. The van der Waals surface area contributed by atoms with Gasteiger partial charge >= 0.3 is 6.98 Å². The zero-order valence-electron chi connectivity index (χ0n) is 8.10. The summed E-state index contributed by atoms with van der Waals surface area (Å²) in [6.45, 7) is -1.94. The molecule has 0 saturated heterocycles. The van der Waals surface area contributed by atoms with Crippen molar-refractivity contribution in [3.05, 3.63) is 0 Å². The summed E-state index contributed by atoms with van der Waals surface area (Å²) >= 11 is 0. The molecule has 78 valence electrons. The van der Waals surface area contributed by atoms with E-state index in [9.17, 15) is 12.9 Å². The van der Waals surface area contributed by atoms with Gasteiger partial charge in [0.15, 0.2) is 0 Å². The fraction of sp³-hybridized carbons (Fsp3) is 0.750. The number of nitrogens with zero attached hydrogens (tertiary/aromatic N) is 2. The van der Waals surface area contributed by atoms with Crippen molar-refractivity contribution >= 4 is 6.98 Å². The molecule has 0 bridgehead atoms. The van der Waals surface area contributed by atoms with Gasteiger partial charge < -0.3 is 12.9 Å². The van der Waals surface area contributed by atoms with E-state index in [1.165, 1.54) is 19.1 Å². The lowest BCUT2D eigenvalue weighted by molar-refractivity contribution is 0.325. The van der Waals surface area contributed by atoms with Gasteiger partial charge in [-0.1, -0.05) is 26.6 Å². The topological polar surface area (TPSA) is 47.6 Å². The summed E-state index contributed by atoms with van der Waals surface area (Å²) in [5, 5.41) is 17.4. The van der Waals surface area contributed by atoms with E-state index in [0.29, 0.717) is 6.42 Å². The molecule has 1 atom stereocenters. The zero-order chi connectivity index (χ0) is 11.4. The van der Waals surface area contributed by atoms with Crippen LogP contribution in [0, 0.1) is 34.0 Å². The van der Waals surface area contributed by atoms with Crippen molar-refractivity contribution in [2.75, 3.05) is 0 Å². The minimum Gasteiger partial charge on any atom is -0.449 e. The van der Waals surface area contributed by atoms with Gasteiger partial charge in [0.1, 0.15) is 5.41 Å². The SMILES string of the molecule is CCC(C)C(C#N)(C#N)C[B-](F)(F)F.